The third-order valence-electron chi connectivity index (χ3n) is 7.02. The van der Waals surface area contributed by atoms with Crippen molar-refractivity contribution in [1.82, 2.24) is 24.4 Å². The van der Waals surface area contributed by atoms with Crippen molar-refractivity contribution >= 4 is 46.7 Å². The highest BCUT2D eigenvalue weighted by molar-refractivity contribution is 7.09. The lowest BCUT2D eigenvalue weighted by Crippen LogP contribution is -2.29. The maximum Gasteiger partial charge on any atom is 0.308 e. The summed E-state index contributed by atoms with van der Waals surface area (Å²) in [4.78, 5) is 68.8. The van der Waals surface area contributed by atoms with Gasteiger partial charge in [-0.05, 0) is 31.2 Å². The number of carbonyl (C=O) groups is 4. The van der Waals surface area contributed by atoms with Gasteiger partial charge in [-0.3, -0.25) is 33.7 Å². The minimum Gasteiger partial charge on any atom is -0.494 e. The van der Waals surface area contributed by atoms with E-state index in [4.69, 9.17) is 26.2 Å². The minimum absolute atomic E-state index is 0.00336. The van der Waals surface area contributed by atoms with Crippen molar-refractivity contribution in [3.63, 3.8) is 0 Å². The maximum absolute atomic E-state index is 13.7. The monoisotopic (exact) mass is 686 g/mol. The number of ether oxygens (including phenoxy) is 2. The van der Waals surface area contributed by atoms with Gasteiger partial charge < -0.3 is 19.5 Å². The smallest absolute Gasteiger partial charge is 0.308 e. The van der Waals surface area contributed by atoms with Crippen molar-refractivity contribution in [2.24, 2.45) is 4.99 Å². The van der Waals surface area contributed by atoms with Crippen LogP contribution in [0.15, 0.2) is 47.8 Å². The number of fused-ring (bicyclic) bond motifs is 1. The molecule has 0 radical (unpaired) electrons. The number of pyridine rings is 3. The van der Waals surface area contributed by atoms with Crippen molar-refractivity contribution in [2.75, 3.05) is 7.11 Å². The average Bonchev–Trinajstić information content (AvgIpc) is 3.60. The lowest BCUT2D eigenvalue weighted by Gasteiger charge is -2.16. The van der Waals surface area contributed by atoms with Crippen molar-refractivity contribution in [1.29, 1.82) is 0 Å². The van der Waals surface area contributed by atoms with Gasteiger partial charge >= 0.3 is 11.9 Å². The zero-order valence-corrected chi connectivity index (χ0v) is 26.3. The first-order valence-electron chi connectivity index (χ1n) is 13.8. The van der Waals surface area contributed by atoms with Crippen molar-refractivity contribution in [2.45, 2.75) is 46.0 Å². The zero-order chi connectivity index (χ0) is 33.8. The number of carboxylic acid groups (broad SMARTS) is 1. The number of methoxy groups -OCH3 is 1. The fraction of sp³-hybridized carbons (Fsp3) is 0.267. The lowest BCUT2D eigenvalue weighted by molar-refractivity contribution is -0.150. The van der Waals surface area contributed by atoms with E-state index in [1.807, 2.05) is 0 Å². The van der Waals surface area contributed by atoms with Crippen LogP contribution in [-0.2, 0) is 34.1 Å². The van der Waals surface area contributed by atoms with Gasteiger partial charge in [0.15, 0.2) is 11.5 Å². The number of alkyl halides is 2. The van der Waals surface area contributed by atoms with E-state index in [0.29, 0.717) is 33.1 Å². The fourth-order valence-electron chi connectivity index (χ4n) is 4.69. The number of amides is 2. The molecule has 0 atom stereocenters. The second-order valence-corrected chi connectivity index (χ2v) is 11.6. The number of aryl methyl sites for hydroxylation is 1. The Hall–Kier alpha value is -5.09. The Morgan fingerprint density at radius 1 is 1.06 bits per heavy atom. The van der Waals surface area contributed by atoms with Gasteiger partial charge in [0.25, 0.3) is 18.2 Å². The number of thiazole rings is 1. The normalized spacial score (nSPS) is 12.7. The van der Waals surface area contributed by atoms with Crippen LogP contribution in [0.4, 0.5) is 8.78 Å². The molecule has 2 amide bonds. The van der Waals surface area contributed by atoms with Crippen LogP contribution < -0.4 is 9.54 Å². The summed E-state index contributed by atoms with van der Waals surface area (Å²) in [5, 5.41) is 9.08. The van der Waals surface area contributed by atoms with E-state index in [1.54, 1.807) is 19.1 Å². The Bertz CT molecular complexity index is 1950. The molecule has 1 aliphatic heterocycles. The standard InChI is InChI=1S/C30H25ClF2N6O7S/c1-15-7-17(18-8-24(31)36-11-22(18)45-2)19(10-34-15)28(43)37-30-39(14-46-26(42)6-5-25(40)41)21-12-38(13-23(21)47-30)29(44)20-4-3-16(9-35-20)27(32)33/h3-4,7-11,27H,5-6,12-14H2,1-2H3,(H,40,41)/b37-30-. The van der Waals surface area contributed by atoms with Crippen LogP contribution in [0.5, 0.6) is 5.75 Å². The summed E-state index contributed by atoms with van der Waals surface area (Å²) in [7, 11) is 1.45. The highest BCUT2D eigenvalue weighted by atomic mass is 35.5. The van der Waals surface area contributed by atoms with Gasteiger partial charge in [-0.1, -0.05) is 22.9 Å². The van der Waals surface area contributed by atoms with Crippen LogP contribution in [-0.4, -0.2) is 60.4 Å². The molecule has 5 rings (SSSR count). The predicted octanol–water partition coefficient (Wildman–Crippen LogP) is 4.57. The summed E-state index contributed by atoms with van der Waals surface area (Å²) < 4.78 is 38.1. The molecule has 13 nitrogen and oxygen atoms in total. The van der Waals surface area contributed by atoms with E-state index in [0.717, 1.165) is 23.6 Å². The Labute approximate surface area is 274 Å². The zero-order valence-electron chi connectivity index (χ0n) is 24.8. The number of rotatable bonds is 10. The SMILES string of the molecule is COc1cnc(Cl)cc1-c1cc(C)ncc1C(=O)/N=c1\sc2c(n1COC(=O)CCC(=O)O)CN(C(=O)c1ccc(C(F)F)cn1)C2. The van der Waals surface area contributed by atoms with Crippen LogP contribution in [0.2, 0.25) is 5.15 Å². The average molecular weight is 687 g/mol. The molecule has 4 aromatic heterocycles. The van der Waals surface area contributed by atoms with Gasteiger partial charge in [0.05, 0.1) is 50.5 Å². The number of nitrogens with zero attached hydrogens (tertiary/aromatic N) is 6. The van der Waals surface area contributed by atoms with Crippen LogP contribution in [0.25, 0.3) is 11.1 Å². The number of esters is 1. The van der Waals surface area contributed by atoms with E-state index in [2.05, 4.69) is 19.9 Å². The molecule has 0 aliphatic carbocycles. The molecule has 17 heteroatoms. The molecule has 1 aliphatic rings. The van der Waals surface area contributed by atoms with E-state index in [9.17, 15) is 28.0 Å². The maximum atomic E-state index is 13.7. The highest BCUT2D eigenvalue weighted by Crippen LogP contribution is 2.34. The molecule has 4 aromatic rings. The third kappa shape index (κ3) is 7.49. The molecule has 47 heavy (non-hydrogen) atoms. The van der Waals surface area contributed by atoms with Crippen LogP contribution in [0.1, 0.15) is 61.9 Å². The van der Waals surface area contributed by atoms with Gasteiger partial charge in [0, 0.05) is 39.7 Å². The van der Waals surface area contributed by atoms with E-state index in [-0.39, 0.29) is 46.3 Å². The van der Waals surface area contributed by atoms with Crippen molar-refractivity contribution in [3.8, 4) is 16.9 Å². The summed E-state index contributed by atoms with van der Waals surface area (Å²) in [5.41, 5.74) is 1.79. The first kappa shape index (κ1) is 33.3. The number of hydrogen-bond acceptors (Lipinski definition) is 10. The molecule has 0 spiro atoms. The molecule has 1 N–H and O–H groups in total. The number of hydrogen-bond donors (Lipinski definition) is 1. The Morgan fingerprint density at radius 2 is 1.85 bits per heavy atom. The molecule has 0 unspecified atom stereocenters. The Kier molecular flexibility index (Phi) is 10.0. The van der Waals surface area contributed by atoms with Crippen LogP contribution in [0, 0.1) is 6.92 Å². The third-order valence-corrected chi connectivity index (χ3v) is 8.33. The highest BCUT2D eigenvalue weighted by Gasteiger charge is 2.31. The molecule has 0 fully saturated rings. The number of aliphatic carboxylic acids is 1. The summed E-state index contributed by atoms with van der Waals surface area (Å²) in [6.45, 7) is 1.41. The summed E-state index contributed by atoms with van der Waals surface area (Å²) in [6.07, 6.45) is 0.176. The summed E-state index contributed by atoms with van der Waals surface area (Å²) in [6, 6.07) is 5.56. The molecule has 0 saturated carbocycles. The fourth-order valence-corrected chi connectivity index (χ4v) is 5.98. The van der Waals surface area contributed by atoms with Gasteiger partial charge in [-0.15, -0.1) is 0 Å². The molecular weight excluding hydrogens is 662 g/mol. The predicted molar refractivity (Wildman–Crippen MR) is 162 cm³/mol. The van der Waals surface area contributed by atoms with Crippen LogP contribution >= 0.6 is 22.9 Å². The number of halogens is 3. The summed E-state index contributed by atoms with van der Waals surface area (Å²) >= 11 is 7.23. The van der Waals surface area contributed by atoms with Crippen molar-refractivity contribution in [3.05, 3.63) is 85.9 Å². The Morgan fingerprint density at radius 3 is 2.53 bits per heavy atom. The molecule has 244 valence electrons. The first-order valence-corrected chi connectivity index (χ1v) is 15.0. The number of carboxylic acids is 1. The molecule has 0 saturated heterocycles. The van der Waals surface area contributed by atoms with Gasteiger partial charge in [-0.25, -0.2) is 13.8 Å². The van der Waals surface area contributed by atoms with E-state index >= 15 is 0 Å². The largest absolute Gasteiger partial charge is 0.494 e. The van der Waals surface area contributed by atoms with E-state index < -0.39 is 43.3 Å². The molecular formula is C30H25ClF2N6O7S. The molecule has 5 heterocycles. The number of carbonyl (C=O) groups excluding carboxylic acids is 3. The quantitative estimate of drug-likeness (QED) is 0.184. The first-order chi connectivity index (χ1) is 22.4. The lowest BCUT2D eigenvalue weighted by atomic mass is 10.0. The summed E-state index contributed by atoms with van der Waals surface area (Å²) in [5.74, 6) is -2.82. The minimum atomic E-state index is -2.73. The second-order valence-electron chi connectivity index (χ2n) is 10.2. The Balaban J connectivity index is 1.50. The number of aromatic nitrogens is 4. The molecule has 0 bridgehead atoms. The van der Waals surface area contributed by atoms with E-state index in [1.165, 1.54) is 35.0 Å². The molecule has 0 aromatic carbocycles. The second kappa shape index (κ2) is 14.1. The van der Waals surface area contributed by atoms with Gasteiger partial charge in [-0.2, -0.15) is 4.99 Å². The van der Waals surface area contributed by atoms with Gasteiger partial charge in [0.1, 0.15) is 16.6 Å². The van der Waals surface area contributed by atoms with Crippen LogP contribution in [0.3, 0.4) is 0 Å². The van der Waals surface area contributed by atoms with Crippen molar-refractivity contribution < 1.29 is 42.5 Å². The van der Waals surface area contributed by atoms with Gasteiger partial charge in [0.2, 0.25) is 0 Å². The topological polar surface area (TPSA) is 166 Å².